The van der Waals surface area contributed by atoms with Gasteiger partial charge in [-0.1, -0.05) is 0 Å². The number of hydrogen-bond donors (Lipinski definition) is 1. The van der Waals surface area contributed by atoms with Crippen molar-refractivity contribution in [2.75, 3.05) is 18.0 Å². The molecule has 1 fully saturated rings. The fourth-order valence-corrected chi connectivity index (χ4v) is 2.88. The highest BCUT2D eigenvalue weighted by atomic mass is 16.6. The summed E-state index contributed by atoms with van der Waals surface area (Å²) in [6.07, 6.45) is 0.577. The van der Waals surface area contributed by atoms with Crippen molar-refractivity contribution in [3.63, 3.8) is 0 Å². The molecular formula is C15H15N3O4. The highest BCUT2D eigenvalue weighted by Crippen LogP contribution is 2.33. The van der Waals surface area contributed by atoms with E-state index in [9.17, 15) is 14.9 Å². The molecule has 0 amide bonds. The highest BCUT2D eigenvalue weighted by Gasteiger charge is 2.29. The molecule has 2 aromatic rings. The molecule has 1 unspecified atom stereocenters. The Balaban J connectivity index is 2.09. The van der Waals surface area contributed by atoms with E-state index in [1.165, 1.54) is 12.1 Å². The van der Waals surface area contributed by atoms with Crippen LogP contribution in [0.5, 0.6) is 0 Å². The molecule has 1 aliphatic rings. The lowest BCUT2D eigenvalue weighted by molar-refractivity contribution is -0.384. The van der Waals surface area contributed by atoms with Crippen molar-refractivity contribution in [2.24, 2.45) is 5.92 Å². The lowest BCUT2D eigenvalue weighted by Gasteiger charge is -2.20. The Labute approximate surface area is 126 Å². The Kier molecular flexibility index (Phi) is 3.40. The maximum atomic E-state index is 11.1. The number of nitro benzene ring substituents is 1. The van der Waals surface area contributed by atoms with Gasteiger partial charge in [-0.3, -0.25) is 19.9 Å². The van der Waals surface area contributed by atoms with Gasteiger partial charge in [0.1, 0.15) is 0 Å². The Hall–Kier alpha value is -2.70. The first-order valence-corrected chi connectivity index (χ1v) is 6.99. The number of pyridine rings is 1. The van der Waals surface area contributed by atoms with Crippen molar-refractivity contribution in [1.82, 2.24) is 4.98 Å². The molecule has 1 aromatic carbocycles. The van der Waals surface area contributed by atoms with E-state index in [2.05, 4.69) is 4.98 Å². The molecule has 22 heavy (non-hydrogen) atoms. The second-order valence-electron chi connectivity index (χ2n) is 5.51. The van der Waals surface area contributed by atoms with Gasteiger partial charge in [0.25, 0.3) is 5.69 Å². The molecule has 3 rings (SSSR count). The van der Waals surface area contributed by atoms with E-state index in [-0.39, 0.29) is 5.69 Å². The second-order valence-corrected chi connectivity index (χ2v) is 5.51. The average molecular weight is 301 g/mol. The van der Waals surface area contributed by atoms with Gasteiger partial charge in [0, 0.05) is 42.0 Å². The Bertz CT molecular complexity index is 775. The average Bonchev–Trinajstić information content (AvgIpc) is 2.95. The summed E-state index contributed by atoms with van der Waals surface area (Å²) in [5.74, 6) is -1.20. The number of anilines is 1. The molecule has 0 radical (unpaired) electrons. The Morgan fingerprint density at radius 1 is 1.45 bits per heavy atom. The van der Waals surface area contributed by atoms with Gasteiger partial charge >= 0.3 is 5.97 Å². The van der Waals surface area contributed by atoms with Crippen LogP contribution in [-0.2, 0) is 4.79 Å². The number of aliphatic carboxylic acids is 1. The molecule has 1 aromatic heterocycles. The van der Waals surface area contributed by atoms with E-state index in [1.807, 2.05) is 17.9 Å². The molecule has 2 heterocycles. The molecule has 0 saturated carbocycles. The van der Waals surface area contributed by atoms with Crippen LogP contribution in [0.2, 0.25) is 0 Å². The number of hydrogen-bond acceptors (Lipinski definition) is 5. The lowest BCUT2D eigenvalue weighted by Crippen LogP contribution is -2.23. The summed E-state index contributed by atoms with van der Waals surface area (Å²) in [5, 5.41) is 20.8. The van der Waals surface area contributed by atoms with E-state index in [4.69, 9.17) is 5.11 Å². The third kappa shape index (κ3) is 2.45. The minimum atomic E-state index is -0.802. The van der Waals surface area contributed by atoms with Gasteiger partial charge in [0.15, 0.2) is 0 Å². The van der Waals surface area contributed by atoms with Gasteiger partial charge in [-0.05, 0) is 25.5 Å². The number of benzene rings is 1. The molecule has 7 heteroatoms. The number of carboxylic acid groups (broad SMARTS) is 1. The van der Waals surface area contributed by atoms with Crippen molar-refractivity contribution < 1.29 is 14.8 Å². The summed E-state index contributed by atoms with van der Waals surface area (Å²) in [5.41, 5.74) is 2.30. The first-order chi connectivity index (χ1) is 10.5. The first-order valence-electron chi connectivity index (χ1n) is 6.99. The molecular weight excluding hydrogens is 286 g/mol. The SMILES string of the molecule is Cc1cc(N2CCC(C(=O)O)C2)c2cc([N+](=O)[O-])ccc2n1. The van der Waals surface area contributed by atoms with Crippen LogP contribution in [0.25, 0.3) is 10.9 Å². The summed E-state index contributed by atoms with van der Waals surface area (Å²) in [4.78, 5) is 28.0. The van der Waals surface area contributed by atoms with Gasteiger partial charge in [-0.2, -0.15) is 0 Å². The molecule has 0 aliphatic carbocycles. The summed E-state index contributed by atoms with van der Waals surface area (Å²) in [6.45, 7) is 2.89. The summed E-state index contributed by atoms with van der Waals surface area (Å²) < 4.78 is 0. The number of rotatable bonds is 3. The number of nitro groups is 1. The fraction of sp³-hybridized carbons (Fsp3) is 0.333. The number of non-ortho nitro benzene ring substituents is 1. The van der Waals surface area contributed by atoms with Gasteiger partial charge in [0.2, 0.25) is 0 Å². The topological polar surface area (TPSA) is 96.6 Å². The smallest absolute Gasteiger partial charge is 0.308 e. The second kappa shape index (κ2) is 5.25. The van der Waals surface area contributed by atoms with Crippen molar-refractivity contribution in [3.8, 4) is 0 Å². The summed E-state index contributed by atoms with van der Waals surface area (Å²) >= 11 is 0. The fourth-order valence-electron chi connectivity index (χ4n) is 2.88. The van der Waals surface area contributed by atoms with Crippen molar-refractivity contribution in [1.29, 1.82) is 0 Å². The van der Waals surface area contributed by atoms with Crippen LogP contribution in [0.15, 0.2) is 24.3 Å². The largest absolute Gasteiger partial charge is 0.481 e. The molecule has 7 nitrogen and oxygen atoms in total. The zero-order valence-corrected chi connectivity index (χ0v) is 12.0. The minimum absolute atomic E-state index is 0.00776. The molecule has 1 aliphatic heterocycles. The Morgan fingerprint density at radius 2 is 2.23 bits per heavy atom. The highest BCUT2D eigenvalue weighted by molar-refractivity contribution is 5.94. The number of nitrogens with zero attached hydrogens (tertiary/aromatic N) is 3. The maximum Gasteiger partial charge on any atom is 0.308 e. The van der Waals surface area contributed by atoms with E-state index in [1.54, 1.807) is 6.07 Å². The number of carbonyl (C=O) groups is 1. The Morgan fingerprint density at radius 3 is 2.86 bits per heavy atom. The van der Waals surface area contributed by atoms with Crippen molar-refractivity contribution >= 4 is 28.2 Å². The van der Waals surface area contributed by atoms with Crippen LogP contribution in [0.4, 0.5) is 11.4 Å². The maximum absolute atomic E-state index is 11.1. The third-order valence-electron chi connectivity index (χ3n) is 3.99. The van der Waals surface area contributed by atoms with Crippen LogP contribution in [0.1, 0.15) is 12.1 Å². The molecule has 1 atom stereocenters. The standard InChI is InChI=1S/C15H15N3O4/c1-9-6-14(17-5-4-10(8-17)15(19)20)12-7-11(18(21)22)2-3-13(12)16-9/h2-3,6-7,10H,4-5,8H2,1H3,(H,19,20). The molecule has 0 bridgehead atoms. The quantitative estimate of drug-likeness (QED) is 0.690. The van der Waals surface area contributed by atoms with E-state index in [0.717, 1.165) is 11.4 Å². The minimum Gasteiger partial charge on any atom is -0.481 e. The third-order valence-corrected chi connectivity index (χ3v) is 3.99. The number of fused-ring (bicyclic) bond motifs is 1. The van der Waals surface area contributed by atoms with Gasteiger partial charge < -0.3 is 10.0 Å². The van der Waals surface area contributed by atoms with Gasteiger partial charge in [-0.15, -0.1) is 0 Å². The zero-order valence-electron chi connectivity index (χ0n) is 12.0. The van der Waals surface area contributed by atoms with Crippen molar-refractivity contribution in [2.45, 2.75) is 13.3 Å². The first kappa shape index (κ1) is 14.2. The number of aromatic nitrogens is 1. The van der Waals surface area contributed by atoms with Crippen LogP contribution in [-0.4, -0.2) is 34.1 Å². The predicted molar refractivity (Wildman–Crippen MR) is 81.1 cm³/mol. The zero-order chi connectivity index (χ0) is 15.9. The molecule has 1 N–H and O–H groups in total. The normalized spacial score (nSPS) is 17.9. The van der Waals surface area contributed by atoms with E-state index >= 15 is 0 Å². The number of aryl methyl sites for hydroxylation is 1. The predicted octanol–water partition coefficient (Wildman–Crippen LogP) is 2.36. The lowest BCUT2D eigenvalue weighted by atomic mass is 10.1. The van der Waals surface area contributed by atoms with Crippen LogP contribution >= 0.6 is 0 Å². The van der Waals surface area contributed by atoms with E-state index in [0.29, 0.717) is 30.4 Å². The van der Waals surface area contributed by atoms with Crippen LogP contribution in [0, 0.1) is 23.0 Å². The van der Waals surface area contributed by atoms with Crippen molar-refractivity contribution in [3.05, 3.63) is 40.1 Å². The van der Waals surface area contributed by atoms with E-state index < -0.39 is 16.8 Å². The summed E-state index contributed by atoms with van der Waals surface area (Å²) in [7, 11) is 0. The van der Waals surface area contributed by atoms with Gasteiger partial charge in [-0.25, -0.2) is 0 Å². The molecule has 1 saturated heterocycles. The monoisotopic (exact) mass is 301 g/mol. The molecule has 0 spiro atoms. The molecule has 114 valence electrons. The van der Waals surface area contributed by atoms with Crippen LogP contribution in [0.3, 0.4) is 0 Å². The van der Waals surface area contributed by atoms with Gasteiger partial charge in [0.05, 0.1) is 16.4 Å². The summed E-state index contributed by atoms with van der Waals surface area (Å²) in [6, 6.07) is 6.43. The van der Waals surface area contributed by atoms with Crippen LogP contribution < -0.4 is 4.90 Å². The number of carboxylic acids is 1.